The fraction of sp³-hybridized carbons (Fsp3) is 0.529. The lowest BCUT2D eigenvalue weighted by molar-refractivity contribution is -0.137. The number of carbonyl (C=O) groups excluding carboxylic acids is 2. The Morgan fingerprint density at radius 3 is 2.65 bits per heavy atom. The number of amides is 1. The van der Waals surface area contributed by atoms with Crippen LogP contribution in [0.4, 0.5) is 4.39 Å². The zero-order valence-electron chi connectivity index (χ0n) is 14.6. The second-order valence-electron chi connectivity index (χ2n) is 6.70. The van der Waals surface area contributed by atoms with Gasteiger partial charge in [0.2, 0.25) is 0 Å². The first kappa shape index (κ1) is 20.8. The molecule has 1 aliphatic rings. The average Bonchev–Trinajstić information content (AvgIpc) is 2.91. The van der Waals surface area contributed by atoms with Gasteiger partial charge in [0.1, 0.15) is 5.82 Å². The molecule has 1 fully saturated rings. The molecular weight excluding hydrogens is 429 g/mol. The first-order valence-corrected chi connectivity index (χ1v) is 10.8. The number of carbonyl (C=O) groups is 2. The van der Waals surface area contributed by atoms with Gasteiger partial charge in [0.25, 0.3) is 5.91 Å². The standard InChI is InChI=1S/C17H21BrFNO5S/c1-11(2)8-20(13-5-6-26(23,24)10-13)16(21)9-25-17(22)14-7-12(19)3-4-15(14)18/h3-4,7,11,13H,5-6,8-10H2,1-2H3. The van der Waals surface area contributed by atoms with Gasteiger partial charge in [-0.25, -0.2) is 17.6 Å². The van der Waals surface area contributed by atoms with E-state index in [1.807, 2.05) is 13.8 Å². The van der Waals surface area contributed by atoms with Crippen LogP contribution in [0.5, 0.6) is 0 Å². The van der Waals surface area contributed by atoms with Crippen LogP contribution >= 0.6 is 15.9 Å². The molecule has 0 radical (unpaired) electrons. The number of hydrogen-bond acceptors (Lipinski definition) is 5. The van der Waals surface area contributed by atoms with Crippen LogP contribution in [-0.2, 0) is 19.4 Å². The van der Waals surface area contributed by atoms with Crippen LogP contribution in [0.15, 0.2) is 22.7 Å². The summed E-state index contributed by atoms with van der Waals surface area (Å²) in [6.07, 6.45) is 0.379. The largest absolute Gasteiger partial charge is 0.452 e. The maximum absolute atomic E-state index is 13.3. The number of esters is 1. The second kappa shape index (κ2) is 8.47. The van der Waals surface area contributed by atoms with Gasteiger partial charge in [-0.1, -0.05) is 13.8 Å². The van der Waals surface area contributed by atoms with Crippen LogP contribution in [0.1, 0.15) is 30.6 Å². The van der Waals surface area contributed by atoms with Gasteiger partial charge in [0.05, 0.1) is 17.1 Å². The molecule has 1 amide bonds. The van der Waals surface area contributed by atoms with Crippen molar-refractivity contribution in [3.63, 3.8) is 0 Å². The molecule has 0 aromatic heterocycles. The molecule has 1 atom stereocenters. The zero-order chi connectivity index (χ0) is 19.5. The van der Waals surface area contributed by atoms with Gasteiger partial charge < -0.3 is 9.64 Å². The van der Waals surface area contributed by atoms with Crippen LogP contribution in [0, 0.1) is 11.7 Å². The Balaban J connectivity index is 2.05. The number of sulfone groups is 1. The molecule has 1 saturated heterocycles. The third kappa shape index (κ3) is 5.51. The number of rotatable bonds is 6. The molecule has 0 bridgehead atoms. The summed E-state index contributed by atoms with van der Waals surface area (Å²) in [4.78, 5) is 26.1. The minimum absolute atomic E-state index is 0.0170. The number of nitrogens with zero attached hydrogens (tertiary/aromatic N) is 1. The molecule has 1 aromatic rings. The van der Waals surface area contributed by atoms with E-state index in [0.29, 0.717) is 17.4 Å². The molecule has 0 N–H and O–H groups in total. The minimum atomic E-state index is -3.14. The molecule has 0 spiro atoms. The van der Waals surface area contributed by atoms with Crippen LogP contribution in [-0.4, -0.2) is 55.9 Å². The Kier molecular flexibility index (Phi) is 6.79. The van der Waals surface area contributed by atoms with Crippen molar-refractivity contribution < 1.29 is 27.1 Å². The van der Waals surface area contributed by atoms with E-state index >= 15 is 0 Å². The van der Waals surface area contributed by atoms with E-state index in [1.165, 1.54) is 17.0 Å². The number of benzene rings is 1. The van der Waals surface area contributed by atoms with Crippen LogP contribution in [0.2, 0.25) is 0 Å². The van der Waals surface area contributed by atoms with Crippen LogP contribution in [0.3, 0.4) is 0 Å². The van der Waals surface area contributed by atoms with Gasteiger partial charge in [-0.05, 0) is 46.5 Å². The van der Waals surface area contributed by atoms with E-state index in [2.05, 4.69) is 15.9 Å². The predicted octanol–water partition coefficient (Wildman–Crippen LogP) is 2.42. The summed E-state index contributed by atoms with van der Waals surface area (Å²) in [7, 11) is -3.14. The maximum atomic E-state index is 13.3. The smallest absolute Gasteiger partial charge is 0.339 e. The molecule has 1 heterocycles. The summed E-state index contributed by atoms with van der Waals surface area (Å²) < 4.78 is 42.1. The van der Waals surface area contributed by atoms with E-state index < -0.39 is 40.2 Å². The summed E-state index contributed by atoms with van der Waals surface area (Å²) in [6, 6.07) is 3.18. The highest BCUT2D eigenvalue weighted by Crippen LogP contribution is 2.21. The van der Waals surface area contributed by atoms with Gasteiger partial charge in [0.15, 0.2) is 16.4 Å². The molecular formula is C17H21BrFNO5S. The normalized spacial score (nSPS) is 18.7. The molecule has 9 heteroatoms. The Bertz CT molecular complexity index is 796. The van der Waals surface area contributed by atoms with Gasteiger partial charge >= 0.3 is 5.97 Å². The number of hydrogen-bond donors (Lipinski definition) is 0. The van der Waals surface area contributed by atoms with Crippen molar-refractivity contribution in [1.82, 2.24) is 4.90 Å². The predicted molar refractivity (Wildman–Crippen MR) is 98.0 cm³/mol. The van der Waals surface area contributed by atoms with Crippen molar-refractivity contribution in [2.75, 3.05) is 24.7 Å². The van der Waals surface area contributed by atoms with Crippen molar-refractivity contribution in [2.45, 2.75) is 26.3 Å². The average molecular weight is 450 g/mol. The fourth-order valence-corrected chi connectivity index (χ4v) is 4.95. The summed E-state index contributed by atoms with van der Waals surface area (Å²) in [6.45, 7) is 3.69. The molecule has 1 aromatic carbocycles. The molecule has 1 unspecified atom stereocenters. The SMILES string of the molecule is CC(C)CN(C(=O)COC(=O)c1cc(F)ccc1Br)C1CCS(=O)(=O)C1. The molecule has 144 valence electrons. The highest BCUT2D eigenvalue weighted by Gasteiger charge is 2.35. The summed E-state index contributed by atoms with van der Waals surface area (Å²) in [5.41, 5.74) is -0.0170. The van der Waals surface area contributed by atoms with Crippen LogP contribution < -0.4 is 0 Å². The third-order valence-electron chi connectivity index (χ3n) is 4.01. The lowest BCUT2D eigenvalue weighted by Gasteiger charge is -2.29. The van der Waals surface area contributed by atoms with E-state index in [1.54, 1.807) is 0 Å². The summed E-state index contributed by atoms with van der Waals surface area (Å²) >= 11 is 3.14. The highest BCUT2D eigenvalue weighted by molar-refractivity contribution is 9.10. The van der Waals surface area contributed by atoms with E-state index in [0.717, 1.165) is 6.07 Å². The Morgan fingerprint density at radius 2 is 2.08 bits per heavy atom. The van der Waals surface area contributed by atoms with Crippen molar-refractivity contribution in [3.8, 4) is 0 Å². The molecule has 26 heavy (non-hydrogen) atoms. The van der Waals surface area contributed by atoms with Gasteiger partial charge in [-0.2, -0.15) is 0 Å². The van der Waals surface area contributed by atoms with Crippen LogP contribution in [0.25, 0.3) is 0 Å². The molecule has 0 aliphatic carbocycles. The van der Waals surface area contributed by atoms with Crippen molar-refractivity contribution >= 4 is 37.6 Å². The summed E-state index contributed by atoms with van der Waals surface area (Å²) in [5.74, 6) is -1.76. The minimum Gasteiger partial charge on any atom is -0.452 e. The molecule has 2 rings (SSSR count). The first-order chi connectivity index (χ1) is 12.1. The maximum Gasteiger partial charge on any atom is 0.339 e. The lowest BCUT2D eigenvalue weighted by Crippen LogP contribution is -2.45. The van der Waals surface area contributed by atoms with E-state index in [-0.39, 0.29) is 23.0 Å². The van der Waals surface area contributed by atoms with Crippen molar-refractivity contribution in [1.29, 1.82) is 0 Å². The number of halogens is 2. The lowest BCUT2D eigenvalue weighted by atomic mass is 10.1. The van der Waals surface area contributed by atoms with E-state index in [9.17, 15) is 22.4 Å². The van der Waals surface area contributed by atoms with Gasteiger partial charge in [-0.3, -0.25) is 4.79 Å². The van der Waals surface area contributed by atoms with E-state index in [4.69, 9.17) is 4.74 Å². The van der Waals surface area contributed by atoms with Gasteiger partial charge in [0, 0.05) is 17.1 Å². The topological polar surface area (TPSA) is 80.8 Å². The molecule has 6 nitrogen and oxygen atoms in total. The second-order valence-corrected chi connectivity index (χ2v) is 9.78. The van der Waals surface area contributed by atoms with Crippen molar-refractivity contribution in [3.05, 3.63) is 34.1 Å². The quantitative estimate of drug-likeness (QED) is 0.622. The molecule has 0 saturated carbocycles. The Hall–Kier alpha value is -1.48. The fourth-order valence-electron chi connectivity index (χ4n) is 2.81. The highest BCUT2D eigenvalue weighted by atomic mass is 79.9. The molecule has 1 aliphatic heterocycles. The number of ether oxygens (including phenoxy) is 1. The van der Waals surface area contributed by atoms with Crippen molar-refractivity contribution in [2.24, 2.45) is 5.92 Å². The monoisotopic (exact) mass is 449 g/mol. The van der Waals surface area contributed by atoms with Gasteiger partial charge in [-0.15, -0.1) is 0 Å². The first-order valence-electron chi connectivity index (χ1n) is 8.21. The summed E-state index contributed by atoms with van der Waals surface area (Å²) in [5, 5.41) is 0. The Labute approximate surface area is 160 Å². The third-order valence-corrected chi connectivity index (χ3v) is 6.45. The Morgan fingerprint density at radius 1 is 1.38 bits per heavy atom. The zero-order valence-corrected chi connectivity index (χ0v) is 17.0.